The molecule has 1 saturated heterocycles. The average molecular weight is 398 g/mol. The van der Waals surface area contributed by atoms with Gasteiger partial charge in [-0.3, -0.25) is 14.6 Å². The normalized spacial score (nSPS) is 20.0. The lowest BCUT2D eigenvalue weighted by molar-refractivity contribution is -0.138. The lowest BCUT2D eigenvalue weighted by Crippen LogP contribution is -2.32. The predicted octanol–water partition coefficient (Wildman–Crippen LogP) is 3.56. The van der Waals surface area contributed by atoms with E-state index in [4.69, 9.17) is 11.6 Å². The highest BCUT2D eigenvalue weighted by molar-refractivity contribution is 6.33. The Bertz CT molecular complexity index is 871. The van der Waals surface area contributed by atoms with Crippen molar-refractivity contribution in [3.8, 4) is 0 Å². The van der Waals surface area contributed by atoms with Crippen molar-refractivity contribution < 1.29 is 22.8 Å². The predicted molar refractivity (Wildman–Crippen MR) is 93.2 cm³/mol. The molecule has 0 saturated carbocycles. The highest BCUT2D eigenvalue weighted by Gasteiger charge is 2.44. The third-order valence-electron chi connectivity index (χ3n) is 4.49. The smallest absolute Gasteiger partial charge is 0.344 e. The maximum absolute atomic E-state index is 12.8. The van der Waals surface area contributed by atoms with Crippen LogP contribution in [0.3, 0.4) is 0 Å². The van der Waals surface area contributed by atoms with Crippen LogP contribution in [0.1, 0.15) is 17.0 Å². The Kier molecular flexibility index (Phi) is 5.10. The summed E-state index contributed by atoms with van der Waals surface area (Å²) in [7, 11) is 1.55. The molecule has 27 heavy (non-hydrogen) atoms. The van der Waals surface area contributed by atoms with Crippen LogP contribution in [0, 0.1) is 5.92 Å². The summed E-state index contributed by atoms with van der Waals surface area (Å²) in [6.45, 7) is 0.225. The summed E-state index contributed by atoms with van der Waals surface area (Å²) < 4.78 is 38.3. The van der Waals surface area contributed by atoms with E-state index in [0.29, 0.717) is 5.56 Å². The number of aromatic nitrogens is 1. The van der Waals surface area contributed by atoms with E-state index in [0.717, 1.165) is 12.1 Å². The Hall–Kier alpha value is -2.61. The van der Waals surface area contributed by atoms with Gasteiger partial charge in [0, 0.05) is 25.7 Å². The first-order chi connectivity index (χ1) is 12.7. The second-order valence-electron chi connectivity index (χ2n) is 6.27. The Morgan fingerprint density at radius 1 is 1.26 bits per heavy atom. The van der Waals surface area contributed by atoms with Gasteiger partial charge in [0.2, 0.25) is 11.8 Å². The highest BCUT2D eigenvalue weighted by Crippen LogP contribution is 2.36. The van der Waals surface area contributed by atoms with Crippen LogP contribution >= 0.6 is 11.6 Å². The van der Waals surface area contributed by atoms with Gasteiger partial charge in [-0.05, 0) is 23.8 Å². The number of likely N-dealkylation sites (tertiary alicyclic amines) is 1. The van der Waals surface area contributed by atoms with Crippen molar-refractivity contribution in [1.29, 1.82) is 0 Å². The summed E-state index contributed by atoms with van der Waals surface area (Å²) in [5, 5.41) is 2.84. The van der Waals surface area contributed by atoms with E-state index in [2.05, 4.69) is 10.3 Å². The number of pyridine rings is 1. The van der Waals surface area contributed by atoms with Gasteiger partial charge in [-0.1, -0.05) is 23.7 Å². The van der Waals surface area contributed by atoms with Crippen molar-refractivity contribution in [2.24, 2.45) is 5.92 Å². The molecule has 0 bridgehead atoms. The fourth-order valence-electron chi connectivity index (χ4n) is 3.09. The van der Waals surface area contributed by atoms with Crippen molar-refractivity contribution in [1.82, 2.24) is 9.88 Å². The molecule has 0 aliphatic carbocycles. The van der Waals surface area contributed by atoms with Gasteiger partial charge in [0.25, 0.3) is 0 Å². The van der Waals surface area contributed by atoms with Crippen molar-refractivity contribution in [3.05, 3.63) is 58.9 Å². The van der Waals surface area contributed by atoms with Gasteiger partial charge >= 0.3 is 6.18 Å². The molecule has 0 spiro atoms. The minimum Gasteiger partial charge on any atom is -0.344 e. The molecule has 1 N–H and O–H groups in total. The van der Waals surface area contributed by atoms with Gasteiger partial charge in [0.1, 0.15) is 5.92 Å². The molecule has 1 fully saturated rings. The largest absolute Gasteiger partial charge is 0.416 e. The molecule has 1 aromatic heterocycles. The fourth-order valence-corrected chi connectivity index (χ4v) is 3.24. The molecule has 2 heterocycles. The molecule has 2 aromatic rings. The van der Waals surface area contributed by atoms with Gasteiger partial charge in [0.05, 0.1) is 22.5 Å². The number of hydrogen-bond acceptors (Lipinski definition) is 3. The standard InChI is InChI=1S/C18H15ClF3N3O2/c1-25-9-12(10-2-4-11(5-3-10)18(20,21)22)15(17(25)27)16(26)24-14-8-23-7-6-13(14)19/h2-8,12,15H,9H2,1H3,(H,24,26)/t12-,15+/m0/s1. The second kappa shape index (κ2) is 7.19. The lowest BCUT2D eigenvalue weighted by atomic mass is 9.87. The van der Waals surface area contributed by atoms with E-state index in [1.54, 1.807) is 7.05 Å². The number of carbonyl (C=O) groups is 2. The van der Waals surface area contributed by atoms with Crippen LogP contribution in [0.5, 0.6) is 0 Å². The lowest BCUT2D eigenvalue weighted by Gasteiger charge is -2.18. The molecule has 1 aliphatic heterocycles. The van der Waals surface area contributed by atoms with E-state index < -0.39 is 35.4 Å². The molecular weight excluding hydrogens is 383 g/mol. The molecule has 5 nitrogen and oxygen atoms in total. The summed E-state index contributed by atoms with van der Waals surface area (Å²) in [5.41, 5.74) is -0.0390. The Balaban J connectivity index is 1.87. The van der Waals surface area contributed by atoms with Crippen LogP contribution < -0.4 is 5.32 Å². The van der Waals surface area contributed by atoms with E-state index in [-0.39, 0.29) is 17.3 Å². The van der Waals surface area contributed by atoms with E-state index >= 15 is 0 Å². The molecule has 0 radical (unpaired) electrons. The number of anilines is 1. The number of likely N-dealkylation sites (N-methyl/N-ethyl adjacent to an activating group) is 1. The van der Waals surface area contributed by atoms with Crippen molar-refractivity contribution in [2.45, 2.75) is 12.1 Å². The van der Waals surface area contributed by atoms with Crippen LogP contribution in [0.4, 0.5) is 18.9 Å². The van der Waals surface area contributed by atoms with Crippen LogP contribution in [0.25, 0.3) is 0 Å². The molecular formula is C18H15ClF3N3O2. The van der Waals surface area contributed by atoms with Gasteiger partial charge < -0.3 is 10.2 Å². The molecule has 2 atom stereocenters. The number of rotatable bonds is 3. The first-order valence-electron chi connectivity index (χ1n) is 8.01. The van der Waals surface area contributed by atoms with Crippen molar-refractivity contribution >= 4 is 29.1 Å². The average Bonchev–Trinajstić information content (AvgIpc) is 2.91. The number of amides is 2. The third kappa shape index (κ3) is 3.90. The van der Waals surface area contributed by atoms with Gasteiger partial charge in [0.15, 0.2) is 0 Å². The van der Waals surface area contributed by atoms with Crippen LogP contribution in [-0.2, 0) is 15.8 Å². The van der Waals surface area contributed by atoms with E-state index in [1.165, 1.54) is 35.5 Å². The molecule has 3 rings (SSSR count). The van der Waals surface area contributed by atoms with Crippen molar-refractivity contribution in [3.63, 3.8) is 0 Å². The van der Waals surface area contributed by atoms with E-state index in [9.17, 15) is 22.8 Å². The van der Waals surface area contributed by atoms with Crippen LogP contribution in [0.15, 0.2) is 42.7 Å². The maximum Gasteiger partial charge on any atom is 0.416 e. The number of halogens is 4. The SMILES string of the molecule is CN1C[C@@H](c2ccc(C(F)(F)F)cc2)[C@H](C(=O)Nc2cnccc2Cl)C1=O. The van der Waals surface area contributed by atoms with Gasteiger partial charge in [-0.25, -0.2) is 0 Å². The number of benzene rings is 1. The Morgan fingerprint density at radius 3 is 2.52 bits per heavy atom. The zero-order valence-corrected chi connectivity index (χ0v) is 14.9. The Labute approximate surface area is 158 Å². The summed E-state index contributed by atoms with van der Waals surface area (Å²) in [4.78, 5) is 30.4. The monoisotopic (exact) mass is 397 g/mol. The Morgan fingerprint density at radius 2 is 1.93 bits per heavy atom. The zero-order chi connectivity index (χ0) is 19.8. The first-order valence-corrected chi connectivity index (χ1v) is 8.39. The molecule has 142 valence electrons. The topological polar surface area (TPSA) is 62.3 Å². The van der Waals surface area contributed by atoms with Crippen molar-refractivity contribution in [2.75, 3.05) is 18.9 Å². The quantitative estimate of drug-likeness (QED) is 0.805. The third-order valence-corrected chi connectivity index (χ3v) is 4.82. The zero-order valence-electron chi connectivity index (χ0n) is 14.1. The minimum atomic E-state index is -4.45. The highest BCUT2D eigenvalue weighted by atomic mass is 35.5. The number of nitrogens with zero attached hydrogens (tertiary/aromatic N) is 2. The first kappa shape index (κ1) is 19.2. The molecule has 1 aromatic carbocycles. The number of alkyl halides is 3. The van der Waals surface area contributed by atoms with E-state index in [1.807, 2.05) is 0 Å². The van der Waals surface area contributed by atoms with Crippen LogP contribution in [0.2, 0.25) is 5.02 Å². The van der Waals surface area contributed by atoms with Gasteiger partial charge in [-0.15, -0.1) is 0 Å². The second-order valence-corrected chi connectivity index (χ2v) is 6.67. The fraction of sp³-hybridized carbons (Fsp3) is 0.278. The summed E-state index contributed by atoms with van der Waals surface area (Å²) in [5.74, 6) is -2.62. The summed E-state index contributed by atoms with van der Waals surface area (Å²) in [6.07, 6.45) is -1.64. The summed E-state index contributed by atoms with van der Waals surface area (Å²) >= 11 is 6.00. The van der Waals surface area contributed by atoms with Gasteiger partial charge in [-0.2, -0.15) is 13.2 Å². The summed E-state index contributed by atoms with van der Waals surface area (Å²) in [6, 6.07) is 6.00. The minimum absolute atomic E-state index is 0.225. The number of nitrogens with one attached hydrogen (secondary N) is 1. The molecule has 2 amide bonds. The maximum atomic E-state index is 12.8. The number of carbonyl (C=O) groups excluding carboxylic acids is 2. The molecule has 9 heteroatoms. The number of hydrogen-bond donors (Lipinski definition) is 1. The molecule has 0 unspecified atom stereocenters. The van der Waals surface area contributed by atoms with Crippen LogP contribution in [-0.4, -0.2) is 35.3 Å². The molecule has 1 aliphatic rings.